The van der Waals surface area contributed by atoms with Crippen molar-refractivity contribution in [3.05, 3.63) is 54.0 Å². The lowest BCUT2D eigenvalue weighted by molar-refractivity contribution is 0.203. The Bertz CT molecular complexity index is 803. The van der Waals surface area contributed by atoms with E-state index in [-0.39, 0.29) is 0 Å². The molecule has 0 unspecified atom stereocenters. The number of likely N-dealkylation sites (tertiary alicyclic amines) is 1. The maximum Gasteiger partial charge on any atom is 0.155 e. The zero-order chi connectivity index (χ0) is 15.6. The molecule has 6 nitrogen and oxygen atoms in total. The monoisotopic (exact) mass is 308 g/mol. The van der Waals surface area contributed by atoms with Gasteiger partial charge in [-0.15, -0.1) is 0 Å². The number of hydrogen-bond donors (Lipinski definition) is 0. The summed E-state index contributed by atoms with van der Waals surface area (Å²) in [6, 6.07) is 6.31. The van der Waals surface area contributed by atoms with E-state index in [1.807, 2.05) is 19.3 Å². The van der Waals surface area contributed by atoms with Gasteiger partial charge in [0.25, 0.3) is 0 Å². The molecule has 0 atom stereocenters. The van der Waals surface area contributed by atoms with Crippen molar-refractivity contribution < 1.29 is 0 Å². The molecule has 3 aromatic heterocycles. The fourth-order valence-electron chi connectivity index (χ4n) is 3.30. The van der Waals surface area contributed by atoms with Gasteiger partial charge >= 0.3 is 0 Å². The quantitative estimate of drug-likeness (QED) is 0.742. The first-order valence-corrected chi connectivity index (χ1v) is 8.08. The molecule has 0 N–H and O–H groups in total. The van der Waals surface area contributed by atoms with Gasteiger partial charge in [0.05, 0.1) is 0 Å². The highest BCUT2D eigenvalue weighted by molar-refractivity contribution is 5.39. The summed E-state index contributed by atoms with van der Waals surface area (Å²) >= 11 is 0. The first-order chi connectivity index (χ1) is 11.3. The van der Waals surface area contributed by atoms with Gasteiger partial charge in [0, 0.05) is 30.6 Å². The van der Waals surface area contributed by atoms with E-state index < -0.39 is 0 Å². The fourth-order valence-corrected chi connectivity index (χ4v) is 3.30. The third-order valence-electron chi connectivity index (χ3n) is 4.55. The molecule has 0 spiro atoms. The minimum Gasteiger partial charge on any atom is -0.299 e. The Labute approximate surface area is 135 Å². The van der Waals surface area contributed by atoms with Crippen LogP contribution in [0, 0.1) is 6.92 Å². The Morgan fingerprint density at radius 2 is 2.04 bits per heavy atom. The zero-order valence-electron chi connectivity index (χ0n) is 13.3. The van der Waals surface area contributed by atoms with Crippen molar-refractivity contribution in [2.75, 3.05) is 13.1 Å². The molecule has 0 bridgehead atoms. The predicted molar refractivity (Wildman–Crippen MR) is 87.0 cm³/mol. The van der Waals surface area contributed by atoms with Crippen molar-refractivity contribution in [1.82, 2.24) is 29.5 Å². The van der Waals surface area contributed by atoms with E-state index in [1.165, 1.54) is 11.3 Å². The van der Waals surface area contributed by atoms with Crippen LogP contribution in [0.4, 0.5) is 0 Å². The molecule has 3 aromatic rings. The zero-order valence-corrected chi connectivity index (χ0v) is 13.3. The fraction of sp³-hybridized carbons (Fsp3) is 0.412. The second kappa shape index (κ2) is 6.04. The summed E-state index contributed by atoms with van der Waals surface area (Å²) in [5, 5.41) is 4.14. The van der Waals surface area contributed by atoms with Crippen molar-refractivity contribution in [2.24, 2.45) is 0 Å². The molecule has 0 amide bonds. The van der Waals surface area contributed by atoms with Crippen LogP contribution < -0.4 is 0 Å². The van der Waals surface area contributed by atoms with Gasteiger partial charge in [-0.25, -0.2) is 19.5 Å². The lowest BCUT2D eigenvalue weighted by Gasteiger charge is -2.31. The Morgan fingerprint density at radius 3 is 2.87 bits per heavy atom. The lowest BCUT2D eigenvalue weighted by atomic mass is 9.93. The largest absolute Gasteiger partial charge is 0.299 e. The van der Waals surface area contributed by atoms with Crippen LogP contribution in [0.15, 0.2) is 36.9 Å². The van der Waals surface area contributed by atoms with Crippen LogP contribution in [0.1, 0.15) is 35.8 Å². The molecule has 1 aliphatic rings. The van der Waals surface area contributed by atoms with Crippen LogP contribution in [0.25, 0.3) is 5.65 Å². The summed E-state index contributed by atoms with van der Waals surface area (Å²) in [5.41, 5.74) is 3.40. The number of pyridine rings is 1. The number of fused-ring (bicyclic) bond motifs is 1. The van der Waals surface area contributed by atoms with Crippen molar-refractivity contribution in [2.45, 2.75) is 32.2 Å². The van der Waals surface area contributed by atoms with Gasteiger partial charge in [-0.1, -0.05) is 0 Å². The molecule has 4 heterocycles. The molecular weight excluding hydrogens is 288 g/mol. The Morgan fingerprint density at radius 1 is 1.17 bits per heavy atom. The van der Waals surface area contributed by atoms with Gasteiger partial charge in [0.15, 0.2) is 5.65 Å². The molecule has 0 radical (unpaired) electrons. The van der Waals surface area contributed by atoms with Crippen molar-refractivity contribution >= 4 is 5.65 Å². The predicted octanol–water partition coefficient (Wildman–Crippen LogP) is 2.21. The van der Waals surface area contributed by atoms with Crippen molar-refractivity contribution in [3.63, 3.8) is 0 Å². The first-order valence-electron chi connectivity index (χ1n) is 8.08. The van der Waals surface area contributed by atoms with Gasteiger partial charge < -0.3 is 0 Å². The van der Waals surface area contributed by atoms with Crippen molar-refractivity contribution in [1.29, 1.82) is 0 Å². The Kier molecular flexibility index (Phi) is 3.75. The van der Waals surface area contributed by atoms with Crippen LogP contribution in [-0.2, 0) is 6.54 Å². The van der Waals surface area contributed by atoms with E-state index in [0.717, 1.165) is 43.9 Å². The normalized spacial score (nSPS) is 16.9. The van der Waals surface area contributed by atoms with E-state index in [2.05, 4.69) is 43.1 Å². The third kappa shape index (κ3) is 3.07. The number of rotatable bonds is 3. The second-order valence-electron chi connectivity index (χ2n) is 6.18. The third-order valence-corrected chi connectivity index (χ3v) is 4.55. The topological polar surface area (TPSA) is 59.2 Å². The second-order valence-corrected chi connectivity index (χ2v) is 6.18. The highest BCUT2D eigenvalue weighted by atomic mass is 15.3. The minimum atomic E-state index is 0.562. The highest BCUT2D eigenvalue weighted by Gasteiger charge is 2.21. The molecule has 6 heteroatoms. The summed E-state index contributed by atoms with van der Waals surface area (Å²) in [5.74, 6) is 1.43. The van der Waals surface area contributed by atoms with Gasteiger partial charge in [0.1, 0.15) is 12.2 Å². The maximum absolute atomic E-state index is 4.59. The summed E-state index contributed by atoms with van der Waals surface area (Å²) in [6.45, 7) is 5.13. The number of nitrogens with zero attached hydrogens (tertiary/aromatic N) is 6. The number of aryl methyl sites for hydroxylation is 1. The smallest absolute Gasteiger partial charge is 0.155 e. The van der Waals surface area contributed by atoms with E-state index in [9.17, 15) is 0 Å². The van der Waals surface area contributed by atoms with Gasteiger partial charge in [0.2, 0.25) is 0 Å². The van der Waals surface area contributed by atoms with Gasteiger partial charge in [-0.3, -0.25) is 4.90 Å². The minimum absolute atomic E-state index is 0.562. The average Bonchev–Trinajstić information content (AvgIpc) is 3.03. The summed E-state index contributed by atoms with van der Waals surface area (Å²) in [6.07, 6.45) is 7.76. The van der Waals surface area contributed by atoms with Crippen molar-refractivity contribution in [3.8, 4) is 0 Å². The van der Waals surface area contributed by atoms with Gasteiger partial charge in [-0.05, 0) is 56.6 Å². The lowest BCUT2D eigenvalue weighted by Crippen LogP contribution is -2.32. The van der Waals surface area contributed by atoms with E-state index in [4.69, 9.17) is 0 Å². The molecule has 0 aromatic carbocycles. The van der Waals surface area contributed by atoms with E-state index in [1.54, 1.807) is 10.8 Å². The van der Waals surface area contributed by atoms with Crippen LogP contribution in [-0.4, -0.2) is 42.6 Å². The SMILES string of the molecule is Cc1nccc(C2CCN(Cc3ccn4ncnc4c3)CC2)n1. The molecule has 0 aliphatic carbocycles. The van der Waals surface area contributed by atoms with E-state index >= 15 is 0 Å². The molecule has 118 valence electrons. The summed E-state index contributed by atoms with van der Waals surface area (Å²) < 4.78 is 1.80. The standard InChI is InChI=1S/C17H20N6/c1-13-18-6-2-16(21-13)15-4-7-22(8-5-15)11-14-3-9-23-17(10-14)19-12-20-23/h2-3,6,9-10,12,15H,4-5,7-8,11H2,1H3. The van der Waals surface area contributed by atoms with Crippen LogP contribution in [0.2, 0.25) is 0 Å². The Balaban J connectivity index is 1.39. The van der Waals surface area contributed by atoms with Crippen LogP contribution in [0.5, 0.6) is 0 Å². The van der Waals surface area contributed by atoms with Crippen LogP contribution >= 0.6 is 0 Å². The number of hydrogen-bond acceptors (Lipinski definition) is 5. The molecular formula is C17H20N6. The molecule has 0 saturated carbocycles. The molecule has 1 aliphatic heterocycles. The summed E-state index contributed by atoms with van der Waals surface area (Å²) in [4.78, 5) is 15.5. The number of aromatic nitrogens is 5. The Hall–Kier alpha value is -2.34. The first kappa shape index (κ1) is 14.3. The molecule has 23 heavy (non-hydrogen) atoms. The van der Waals surface area contributed by atoms with Gasteiger partial charge in [-0.2, -0.15) is 5.10 Å². The molecule has 1 saturated heterocycles. The average molecular weight is 308 g/mol. The highest BCUT2D eigenvalue weighted by Crippen LogP contribution is 2.27. The summed E-state index contributed by atoms with van der Waals surface area (Å²) in [7, 11) is 0. The van der Waals surface area contributed by atoms with E-state index in [0.29, 0.717) is 5.92 Å². The molecule has 1 fully saturated rings. The maximum atomic E-state index is 4.59. The molecule has 4 rings (SSSR count). The number of piperidine rings is 1. The van der Waals surface area contributed by atoms with Crippen LogP contribution in [0.3, 0.4) is 0 Å².